The van der Waals surface area contributed by atoms with Gasteiger partial charge >= 0.3 is 7.82 Å². The summed E-state index contributed by atoms with van der Waals surface area (Å²) >= 11 is 0. The van der Waals surface area contributed by atoms with E-state index >= 15 is 0 Å². The van der Waals surface area contributed by atoms with E-state index in [9.17, 15) is 0 Å². The third kappa shape index (κ3) is 108. The Morgan fingerprint density at radius 2 is 1.80 bits per heavy atom. The maximum Gasteiger partial charge on any atom is 0.466 e. The minimum Gasteiger partial charge on any atom is -0.303 e. The molecule has 0 aromatic carbocycles. The smallest absolute Gasteiger partial charge is 0.303 e. The first-order chi connectivity index (χ1) is 4.41. The molecular formula is C5H13O4P. The van der Waals surface area contributed by atoms with Crippen molar-refractivity contribution in [3.8, 4) is 0 Å². The van der Waals surface area contributed by atoms with Crippen LogP contribution in [0.15, 0.2) is 12.7 Å². The minimum atomic E-state index is -4.64. The van der Waals surface area contributed by atoms with Gasteiger partial charge in [0.15, 0.2) is 0 Å². The molecule has 4 nitrogen and oxygen atoms in total. The Balaban J connectivity index is 0. The molecule has 0 saturated heterocycles. The molecule has 0 spiro atoms. The Hall–Kier alpha value is -0.150. The summed E-state index contributed by atoms with van der Waals surface area (Å²) < 4.78 is 8.88. The van der Waals surface area contributed by atoms with E-state index in [1.807, 2.05) is 6.08 Å². The van der Waals surface area contributed by atoms with E-state index in [4.69, 9.17) is 19.2 Å². The second-order valence-corrected chi connectivity index (χ2v) is 2.62. The van der Waals surface area contributed by atoms with Gasteiger partial charge in [-0.25, -0.2) is 4.57 Å². The van der Waals surface area contributed by atoms with Gasteiger partial charge in [-0.05, 0) is 6.42 Å². The molecule has 0 amide bonds. The molecule has 0 radical (unpaired) electrons. The predicted molar refractivity (Wildman–Crippen MR) is 39.4 cm³/mol. The molecule has 0 aromatic heterocycles. The Kier molecular flexibility index (Phi) is 8.72. The van der Waals surface area contributed by atoms with Crippen molar-refractivity contribution in [3.05, 3.63) is 12.7 Å². The van der Waals surface area contributed by atoms with E-state index in [2.05, 4.69) is 13.5 Å². The molecule has 0 saturated carbocycles. The van der Waals surface area contributed by atoms with Crippen LogP contribution in [0.5, 0.6) is 0 Å². The topological polar surface area (TPSA) is 77.8 Å². The number of phosphoric acid groups is 1. The van der Waals surface area contributed by atoms with Crippen LogP contribution in [0.1, 0.15) is 19.8 Å². The summed E-state index contributed by atoms with van der Waals surface area (Å²) in [4.78, 5) is 21.6. The van der Waals surface area contributed by atoms with E-state index < -0.39 is 7.82 Å². The fraction of sp³-hybridized carbons (Fsp3) is 0.600. The lowest BCUT2D eigenvalue weighted by molar-refractivity contribution is 0.275. The first kappa shape index (κ1) is 12.5. The van der Waals surface area contributed by atoms with Gasteiger partial charge in [0.05, 0.1) is 0 Å². The Morgan fingerprint density at radius 1 is 1.50 bits per heavy atom. The van der Waals surface area contributed by atoms with Crippen molar-refractivity contribution in [2.24, 2.45) is 0 Å². The summed E-state index contributed by atoms with van der Waals surface area (Å²) in [6.07, 6.45) is 4.31. The number of rotatable bonds is 2. The molecule has 0 bridgehead atoms. The summed E-state index contributed by atoms with van der Waals surface area (Å²) in [5.41, 5.74) is 0. The second-order valence-electron chi connectivity index (χ2n) is 1.59. The highest BCUT2D eigenvalue weighted by atomic mass is 31.2. The van der Waals surface area contributed by atoms with Crippen LogP contribution in [0, 0.1) is 0 Å². The first-order valence-electron chi connectivity index (χ1n) is 2.81. The molecular weight excluding hydrogens is 155 g/mol. The fourth-order valence-electron chi connectivity index (χ4n) is 0.204. The lowest BCUT2D eigenvalue weighted by Gasteiger charge is -1.82. The summed E-state index contributed by atoms with van der Waals surface area (Å²) in [7, 11) is -4.64. The summed E-state index contributed by atoms with van der Waals surface area (Å²) in [5, 5.41) is 0. The average Bonchev–Trinajstić information content (AvgIpc) is 1.63. The van der Waals surface area contributed by atoms with Crippen molar-refractivity contribution >= 4 is 7.82 Å². The fourth-order valence-corrected chi connectivity index (χ4v) is 0.204. The van der Waals surface area contributed by atoms with Crippen LogP contribution in [0.3, 0.4) is 0 Å². The highest BCUT2D eigenvalue weighted by Gasteiger charge is 2.00. The van der Waals surface area contributed by atoms with Crippen LogP contribution in [0.4, 0.5) is 0 Å². The third-order valence-corrected chi connectivity index (χ3v) is 0.493. The van der Waals surface area contributed by atoms with E-state index in [1.165, 1.54) is 6.42 Å². The molecule has 0 aliphatic rings. The molecule has 62 valence electrons. The van der Waals surface area contributed by atoms with E-state index in [0.29, 0.717) is 0 Å². The molecule has 0 atom stereocenters. The van der Waals surface area contributed by atoms with Crippen LogP contribution in [-0.2, 0) is 4.57 Å². The molecule has 10 heavy (non-hydrogen) atoms. The zero-order valence-corrected chi connectivity index (χ0v) is 6.79. The Morgan fingerprint density at radius 3 is 1.80 bits per heavy atom. The Labute approximate surface area is 60.4 Å². The molecule has 0 unspecified atom stereocenters. The van der Waals surface area contributed by atoms with Crippen molar-refractivity contribution in [1.29, 1.82) is 0 Å². The molecule has 3 N–H and O–H groups in total. The lowest BCUT2D eigenvalue weighted by Crippen LogP contribution is -1.66. The second kappa shape index (κ2) is 6.96. The Bertz CT molecular complexity index is 109. The van der Waals surface area contributed by atoms with Gasteiger partial charge in [0.1, 0.15) is 0 Å². The van der Waals surface area contributed by atoms with Crippen LogP contribution in [0.25, 0.3) is 0 Å². The first-order valence-corrected chi connectivity index (χ1v) is 4.37. The van der Waals surface area contributed by atoms with E-state index in [-0.39, 0.29) is 0 Å². The van der Waals surface area contributed by atoms with Gasteiger partial charge in [0.2, 0.25) is 0 Å². The normalized spacial score (nSPS) is 9.60. The quantitative estimate of drug-likeness (QED) is 0.425. The molecule has 0 aliphatic carbocycles. The highest BCUT2D eigenvalue weighted by molar-refractivity contribution is 7.45. The number of allylic oxidation sites excluding steroid dienone is 1. The van der Waals surface area contributed by atoms with Gasteiger partial charge in [-0.1, -0.05) is 19.4 Å². The predicted octanol–water partition coefficient (Wildman–Crippen LogP) is 1.04. The zero-order valence-electron chi connectivity index (χ0n) is 5.90. The SMILES string of the molecule is C=CCCC.O=P(O)(O)O. The van der Waals surface area contributed by atoms with E-state index in [1.54, 1.807) is 0 Å². The molecule has 0 aromatic rings. The molecule has 0 heterocycles. The average molecular weight is 168 g/mol. The highest BCUT2D eigenvalue weighted by Crippen LogP contribution is 2.25. The monoisotopic (exact) mass is 168 g/mol. The standard InChI is InChI=1S/C5H10.H3O4P/c1-3-5-4-2;1-5(2,3)4/h3H,1,4-5H2,2H3;(H3,1,2,3,4). The van der Waals surface area contributed by atoms with Crippen molar-refractivity contribution in [3.63, 3.8) is 0 Å². The largest absolute Gasteiger partial charge is 0.466 e. The minimum absolute atomic E-state index is 1.15. The van der Waals surface area contributed by atoms with Crippen molar-refractivity contribution in [2.75, 3.05) is 0 Å². The van der Waals surface area contributed by atoms with Gasteiger partial charge in [-0.2, -0.15) is 0 Å². The third-order valence-electron chi connectivity index (χ3n) is 0.493. The van der Waals surface area contributed by atoms with Crippen LogP contribution < -0.4 is 0 Å². The number of unbranched alkanes of at least 4 members (excludes halogenated alkanes) is 1. The summed E-state index contributed by atoms with van der Waals surface area (Å²) in [5.74, 6) is 0. The van der Waals surface area contributed by atoms with Crippen LogP contribution in [0.2, 0.25) is 0 Å². The lowest BCUT2D eigenvalue weighted by atomic mass is 10.3. The summed E-state index contributed by atoms with van der Waals surface area (Å²) in [6, 6.07) is 0. The van der Waals surface area contributed by atoms with Crippen LogP contribution in [-0.4, -0.2) is 14.7 Å². The van der Waals surface area contributed by atoms with Gasteiger partial charge in [-0.3, -0.25) is 0 Å². The van der Waals surface area contributed by atoms with Crippen molar-refractivity contribution < 1.29 is 19.2 Å². The molecule has 5 heteroatoms. The zero-order chi connectivity index (χ0) is 8.62. The van der Waals surface area contributed by atoms with Crippen molar-refractivity contribution in [1.82, 2.24) is 0 Å². The maximum atomic E-state index is 8.88. The van der Waals surface area contributed by atoms with Gasteiger partial charge in [0.25, 0.3) is 0 Å². The number of hydrogen-bond acceptors (Lipinski definition) is 1. The molecule has 0 rings (SSSR count). The maximum absolute atomic E-state index is 8.88. The number of hydrogen-bond donors (Lipinski definition) is 3. The summed E-state index contributed by atoms with van der Waals surface area (Å²) in [6.45, 7) is 5.69. The van der Waals surface area contributed by atoms with Crippen LogP contribution >= 0.6 is 7.82 Å². The molecule has 0 aliphatic heterocycles. The van der Waals surface area contributed by atoms with Gasteiger partial charge in [0, 0.05) is 0 Å². The van der Waals surface area contributed by atoms with Gasteiger partial charge < -0.3 is 14.7 Å². The van der Waals surface area contributed by atoms with E-state index in [0.717, 1.165) is 6.42 Å². The molecule has 0 fully saturated rings. The van der Waals surface area contributed by atoms with Crippen molar-refractivity contribution in [2.45, 2.75) is 19.8 Å². The van der Waals surface area contributed by atoms with Gasteiger partial charge in [-0.15, -0.1) is 6.58 Å².